The minimum atomic E-state index is -0.0806. The summed E-state index contributed by atoms with van der Waals surface area (Å²) >= 11 is 3.34. The minimum absolute atomic E-state index is 0.0219. The smallest absolute Gasteiger partial charge is 0.260 e. The van der Waals surface area contributed by atoms with Crippen LogP contribution < -0.4 is 10.5 Å². The summed E-state index contributed by atoms with van der Waals surface area (Å²) in [6, 6.07) is 7.41. The maximum Gasteiger partial charge on any atom is 0.260 e. The molecule has 0 aliphatic heterocycles. The van der Waals surface area contributed by atoms with E-state index in [4.69, 9.17) is 10.5 Å². The van der Waals surface area contributed by atoms with E-state index in [1.807, 2.05) is 31.2 Å². The molecule has 0 saturated heterocycles. The molecule has 94 valence electrons. The van der Waals surface area contributed by atoms with Gasteiger partial charge in [0.05, 0.1) is 0 Å². The number of ether oxygens (including phenoxy) is 1. The third kappa shape index (κ3) is 4.36. The van der Waals surface area contributed by atoms with Crippen molar-refractivity contribution < 1.29 is 9.53 Å². The van der Waals surface area contributed by atoms with Crippen LogP contribution in [-0.2, 0) is 4.79 Å². The molecule has 1 rings (SSSR count). The summed E-state index contributed by atoms with van der Waals surface area (Å²) < 4.78 is 6.32. The Bertz CT molecular complexity index is 385. The number of nitrogens with zero attached hydrogens (tertiary/aromatic N) is 1. The fourth-order valence-electron chi connectivity index (χ4n) is 1.21. The normalized spacial score (nSPS) is 12.0. The molecule has 1 unspecified atom stereocenters. The summed E-state index contributed by atoms with van der Waals surface area (Å²) in [6.07, 6.45) is 0. The molecule has 1 atom stereocenters. The van der Waals surface area contributed by atoms with Gasteiger partial charge < -0.3 is 15.4 Å². The molecule has 1 aromatic carbocycles. The zero-order valence-electron chi connectivity index (χ0n) is 10.0. The molecule has 17 heavy (non-hydrogen) atoms. The van der Waals surface area contributed by atoms with E-state index in [0.29, 0.717) is 12.3 Å². The van der Waals surface area contributed by atoms with Gasteiger partial charge in [-0.05, 0) is 25.1 Å². The summed E-state index contributed by atoms with van der Waals surface area (Å²) in [6.45, 7) is 2.37. The van der Waals surface area contributed by atoms with Crippen molar-refractivity contribution in [3.05, 3.63) is 28.7 Å². The van der Waals surface area contributed by atoms with Crippen molar-refractivity contribution in [3.8, 4) is 5.75 Å². The second kappa shape index (κ2) is 6.61. The van der Waals surface area contributed by atoms with Crippen LogP contribution in [0, 0.1) is 0 Å². The van der Waals surface area contributed by atoms with Crippen molar-refractivity contribution in [3.63, 3.8) is 0 Å². The van der Waals surface area contributed by atoms with Crippen molar-refractivity contribution >= 4 is 21.8 Å². The number of carbonyl (C=O) groups is 1. The predicted octanol–water partition coefficient (Wildman–Crippen LogP) is 1.63. The first-order chi connectivity index (χ1) is 8.04. The quantitative estimate of drug-likeness (QED) is 0.899. The van der Waals surface area contributed by atoms with E-state index in [-0.39, 0.29) is 18.6 Å². The molecular weight excluding hydrogens is 284 g/mol. The Morgan fingerprint density at radius 2 is 2.29 bits per heavy atom. The summed E-state index contributed by atoms with van der Waals surface area (Å²) in [4.78, 5) is 13.3. The largest absolute Gasteiger partial charge is 0.484 e. The molecule has 0 radical (unpaired) electrons. The van der Waals surface area contributed by atoms with Crippen molar-refractivity contribution in [2.75, 3.05) is 20.2 Å². The van der Waals surface area contributed by atoms with Crippen LogP contribution in [0.1, 0.15) is 6.92 Å². The first-order valence-electron chi connectivity index (χ1n) is 5.38. The van der Waals surface area contributed by atoms with Gasteiger partial charge in [0.2, 0.25) is 0 Å². The van der Waals surface area contributed by atoms with E-state index in [2.05, 4.69) is 15.9 Å². The van der Waals surface area contributed by atoms with Crippen LogP contribution >= 0.6 is 15.9 Å². The van der Waals surface area contributed by atoms with E-state index in [9.17, 15) is 4.79 Å². The van der Waals surface area contributed by atoms with Crippen LogP contribution in [0.2, 0.25) is 0 Å². The average molecular weight is 301 g/mol. The highest BCUT2D eigenvalue weighted by Crippen LogP contribution is 2.17. The van der Waals surface area contributed by atoms with Crippen LogP contribution in [0.25, 0.3) is 0 Å². The number of benzene rings is 1. The Hall–Kier alpha value is -1.07. The Morgan fingerprint density at radius 1 is 1.59 bits per heavy atom. The molecule has 0 saturated carbocycles. The van der Waals surface area contributed by atoms with Crippen LogP contribution in [-0.4, -0.2) is 37.0 Å². The number of hydrogen-bond acceptors (Lipinski definition) is 3. The van der Waals surface area contributed by atoms with Crippen LogP contribution in [0.15, 0.2) is 28.7 Å². The van der Waals surface area contributed by atoms with Crippen molar-refractivity contribution in [2.45, 2.75) is 13.0 Å². The molecule has 0 heterocycles. The first kappa shape index (κ1) is 14.0. The molecule has 0 aromatic heterocycles. The van der Waals surface area contributed by atoms with Gasteiger partial charge in [0.25, 0.3) is 5.91 Å². The highest BCUT2D eigenvalue weighted by atomic mass is 79.9. The molecule has 0 aliphatic carbocycles. The second-order valence-electron chi connectivity index (χ2n) is 3.84. The van der Waals surface area contributed by atoms with Crippen molar-refractivity contribution in [2.24, 2.45) is 5.73 Å². The third-order valence-corrected chi connectivity index (χ3v) is 3.05. The number of amides is 1. The van der Waals surface area contributed by atoms with E-state index >= 15 is 0 Å². The van der Waals surface area contributed by atoms with E-state index in [0.717, 1.165) is 4.47 Å². The molecule has 0 fully saturated rings. The number of rotatable bonds is 5. The molecule has 0 spiro atoms. The fraction of sp³-hybridized carbons (Fsp3) is 0.417. The average Bonchev–Trinajstić information content (AvgIpc) is 2.34. The highest BCUT2D eigenvalue weighted by Gasteiger charge is 2.14. The number of halogens is 1. The fourth-order valence-corrected chi connectivity index (χ4v) is 1.59. The molecular formula is C12H17BrN2O2. The Morgan fingerprint density at radius 3 is 2.88 bits per heavy atom. The number of hydrogen-bond donors (Lipinski definition) is 1. The lowest BCUT2D eigenvalue weighted by atomic mass is 10.3. The van der Waals surface area contributed by atoms with Gasteiger partial charge in [-0.1, -0.05) is 22.0 Å². The Kier molecular flexibility index (Phi) is 5.44. The summed E-state index contributed by atoms with van der Waals surface area (Å²) in [5.41, 5.74) is 5.50. The number of carbonyl (C=O) groups excluding carboxylic acids is 1. The molecule has 0 aliphatic rings. The van der Waals surface area contributed by atoms with Gasteiger partial charge in [-0.25, -0.2) is 0 Å². The monoisotopic (exact) mass is 300 g/mol. The molecule has 1 aromatic rings. The lowest BCUT2D eigenvalue weighted by Crippen LogP contribution is -2.42. The van der Waals surface area contributed by atoms with Crippen LogP contribution in [0.5, 0.6) is 5.75 Å². The van der Waals surface area contributed by atoms with Crippen LogP contribution in [0.4, 0.5) is 0 Å². The zero-order chi connectivity index (χ0) is 12.8. The SMILES string of the molecule is CC(CN)N(C)C(=O)COc1cccc(Br)c1. The topological polar surface area (TPSA) is 55.6 Å². The van der Waals surface area contributed by atoms with E-state index in [1.165, 1.54) is 0 Å². The highest BCUT2D eigenvalue weighted by molar-refractivity contribution is 9.10. The lowest BCUT2D eigenvalue weighted by Gasteiger charge is -2.23. The molecule has 0 bridgehead atoms. The predicted molar refractivity (Wildman–Crippen MR) is 70.9 cm³/mol. The molecule has 4 nitrogen and oxygen atoms in total. The van der Waals surface area contributed by atoms with Gasteiger partial charge >= 0.3 is 0 Å². The third-order valence-electron chi connectivity index (χ3n) is 2.55. The van der Waals surface area contributed by atoms with Gasteiger partial charge in [0.15, 0.2) is 6.61 Å². The van der Waals surface area contributed by atoms with E-state index in [1.54, 1.807) is 11.9 Å². The van der Waals surface area contributed by atoms with Crippen molar-refractivity contribution in [1.29, 1.82) is 0 Å². The Labute approximate surface area is 110 Å². The molecule has 5 heteroatoms. The van der Waals surface area contributed by atoms with E-state index < -0.39 is 0 Å². The number of likely N-dealkylation sites (N-methyl/N-ethyl adjacent to an activating group) is 1. The van der Waals surface area contributed by atoms with Crippen LogP contribution in [0.3, 0.4) is 0 Å². The van der Waals surface area contributed by atoms with Gasteiger partial charge in [0, 0.05) is 24.1 Å². The van der Waals surface area contributed by atoms with Crippen molar-refractivity contribution in [1.82, 2.24) is 4.90 Å². The molecule has 1 amide bonds. The van der Waals surface area contributed by atoms with Gasteiger partial charge in [-0.15, -0.1) is 0 Å². The second-order valence-corrected chi connectivity index (χ2v) is 4.75. The van der Waals surface area contributed by atoms with Gasteiger partial charge in [0.1, 0.15) is 5.75 Å². The maximum atomic E-state index is 11.7. The minimum Gasteiger partial charge on any atom is -0.484 e. The summed E-state index contributed by atoms with van der Waals surface area (Å²) in [7, 11) is 1.73. The lowest BCUT2D eigenvalue weighted by molar-refractivity contribution is -0.133. The standard InChI is InChI=1S/C12H17BrN2O2/c1-9(7-14)15(2)12(16)8-17-11-5-3-4-10(13)6-11/h3-6,9H,7-8,14H2,1-2H3. The Balaban J connectivity index is 2.48. The molecule has 2 N–H and O–H groups in total. The maximum absolute atomic E-state index is 11.7. The summed E-state index contributed by atoms with van der Waals surface area (Å²) in [5.74, 6) is 0.587. The zero-order valence-corrected chi connectivity index (χ0v) is 11.6. The number of nitrogens with two attached hydrogens (primary N) is 1. The van der Waals surface area contributed by atoms with Gasteiger partial charge in [-0.2, -0.15) is 0 Å². The first-order valence-corrected chi connectivity index (χ1v) is 6.18. The summed E-state index contributed by atoms with van der Waals surface area (Å²) in [5, 5.41) is 0. The van der Waals surface area contributed by atoms with Gasteiger partial charge in [-0.3, -0.25) is 4.79 Å².